The number of carbonyl (C=O) groups is 1. The van der Waals surface area contributed by atoms with E-state index in [1.54, 1.807) is 4.52 Å². The maximum absolute atomic E-state index is 11.3. The average molecular weight is 303 g/mol. The topological polar surface area (TPSA) is 87.4 Å². The number of carbonyl (C=O) groups excluding carboxylic acids is 1. The number of anilines is 1. The van der Waals surface area contributed by atoms with Gasteiger partial charge < -0.3 is 10.6 Å². The van der Waals surface area contributed by atoms with E-state index in [9.17, 15) is 4.79 Å². The van der Waals surface area contributed by atoms with Crippen LogP contribution in [0, 0.1) is 13.8 Å². The summed E-state index contributed by atoms with van der Waals surface area (Å²) >= 11 is 0. The number of rotatable bonds is 5. The van der Waals surface area contributed by atoms with E-state index < -0.39 is 0 Å². The first-order valence-corrected chi connectivity index (χ1v) is 7.55. The van der Waals surface area contributed by atoms with Gasteiger partial charge in [-0.2, -0.15) is 14.6 Å². The maximum atomic E-state index is 11.3. The number of nitrogens with zero attached hydrogens (tertiary/aromatic N) is 5. The second kappa shape index (κ2) is 6.27. The minimum atomic E-state index is 0.115. The van der Waals surface area contributed by atoms with Gasteiger partial charge in [-0.15, -0.1) is 0 Å². The molecule has 3 heterocycles. The van der Waals surface area contributed by atoms with Crippen molar-refractivity contribution in [3.05, 3.63) is 17.6 Å². The van der Waals surface area contributed by atoms with E-state index in [0.717, 1.165) is 49.7 Å². The zero-order chi connectivity index (χ0) is 15.5. The maximum Gasteiger partial charge on any atom is 0.254 e. The Morgan fingerprint density at radius 1 is 1.41 bits per heavy atom. The van der Waals surface area contributed by atoms with E-state index in [0.29, 0.717) is 12.3 Å². The van der Waals surface area contributed by atoms with Crippen molar-refractivity contribution in [3.8, 4) is 0 Å². The van der Waals surface area contributed by atoms with E-state index in [1.807, 2.05) is 13.8 Å². The molecule has 2 aromatic heterocycles. The van der Waals surface area contributed by atoms with Gasteiger partial charge in [0.25, 0.3) is 5.78 Å². The molecule has 8 heteroatoms. The first kappa shape index (κ1) is 14.7. The number of nitrogens with one attached hydrogen (secondary N) is 2. The molecule has 0 radical (unpaired) electrons. The number of piperazine rings is 1. The average Bonchev–Trinajstić information content (AvgIpc) is 2.95. The predicted molar refractivity (Wildman–Crippen MR) is 82.8 cm³/mol. The molecule has 22 heavy (non-hydrogen) atoms. The Kier molecular flexibility index (Phi) is 4.19. The SMILES string of the molecule is Cc1nc2ncnn2c(NCCCN2CCNC(=O)C2)c1C. The zero-order valence-electron chi connectivity index (χ0n) is 13.0. The van der Waals surface area contributed by atoms with Gasteiger partial charge in [-0.1, -0.05) is 0 Å². The Labute approximate surface area is 128 Å². The molecule has 0 spiro atoms. The molecule has 0 bridgehead atoms. The summed E-state index contributed by atoms with van der Waals surface area (Å²) in [7, 11) is 0. The van der Waals surface area contributed by atoms with Gasteiger partial charge in [0.05, 0.1) is 6.54 Å². The molecule has 3 rings (SSSR count). The van der Waals surface area contributed by atoms with Gasteiger partial charge in [0.2, 0.25) is 5.91 Å². The van der Waals surface area contributed by atoms with E-state index in [1.165, 1.54) is 6.33 Å². The standard InChI is InChI=1S/C14H21N7O/c1-10-11(2)19-14-17-9-18-21(14)13(10)16-4-3-6-20-7-5-15-12(22)8-20/h9,16H,3-8H2,1-2H3,(H,15,22). The van der Waals surface area contributed by atoms with Crippen molar-refractivity contribution < 1.29 is 4.79 Å². The van der Waals surface area contributed by atoms with Crippen LogP contribution in [0.5, 0.6) is 0 Å². The Hall–Kier alpha value is -2.22. The highest BCUT2D eigenvalue weighted by molar-refractivity contribution is 5.78. The Balaban J connectivity index is 1.58. The van der Waals surface area contributed by atoms with Gasteiger partial charge in [-0.25, -0.2) is 4.98 Å². The molecule has 8 nitrogen and oxygen atoms in total. The van der Waals surface area contributed by atoms with Crippen LogP contribution in [0.4, 0.5) is 5.82 Å². The van der Waals surface area contributed by atoms with Crippen LogP contribution < -0.4 is 10.6 Å². The monoisotopic (exact) mass is 303 g/mol. The fourth-order valence-corrected chi connectivity index (χ4v) is 2.63. The fraction of sp³-hybridized carbons (Fsp3) is 0.571. The van der Waals surface area contributed by atoms with Gasteiger partial charge in [0, 0.05) is 37.4 Å². The Morgan fingerprint density at radius 2 is 2.27 bits per heavy atom. The van der Waals surface area contributed by atoms with Crippen molar-refractivity contribution in [3.63, 3.8) is 0 Å². The van der Waals surface area contributed by atoms with Crippen molar-refractivity contribution in [1.82, 2.24) is 29.8 Å². The summed E-state index contributed by atoms with van der Waals surface area (Å²) in [6, 6.07) is 0. The molecule has 1 saturated heterocycles. The molecular weight excluding hydrogens is 282 g/mol. The first-order valence-electron chi connectivity index (χ1n) is 7.55. The lowest BCUT2D eigenvalue weighted by molar-refractivity contribution is -0.124. The molecule has 0 aromatic carbocycles. The lowest BCUT2D eigenvalue weighted by Crippen LogP contribution is -2.47. The summed E-state index contributed by atoms with van der Waals surface area (Å²) in [6.45, 7) is 7.89. The molecular formula is C14H21N7O. The highest BCUT2D eigenvalue weighted by Crippen LogP contribution is 2.17. The first-order chi connectivity index (χ1) is 10.6. The number of hydrogen-bond acceptors (Lipinski definition) is 6. The van der Waals surface area contributed by atoms with E-state index >= 15 is 0 Å². The summed E-state index contributed by atoms with van der Waals surface area (Å²) in [5, 5.41) is 10.5. The van der Waals surface area contributed by atoms with Crippen LogP contribution in [0.3, 0.4) is 0 Å². The Bertz CT molecular complexity index is 681. The van der Waals surface area contributed by atoms with Crippen molar-refractivity contribution in [2.75, 3.05) is 38.0 Å². The van der Waals surface area contributed by atoms with Crippen LogP contribution in [0.2, 0.25) is 0 Å². The second-order valence-corrected chi connectivity index (χ2v) is 5.55. The minimum Gasteiger partial charge on any atom is -0.370 e. The van der Waals surface area contributed by atoms with E-state index in [4.69, 9.17) is 0 Å². The third-order valence-corrected chi connectivity index (χ3v) is 3.97. The van der Waals surface area contributed by atoms with Crippen LogP contribution in [0.1, 0.15) is 17.7 Å². The number of fused-ring (bicyclic) bond motifs is 1. The second-order valence-electron chi connectivity index (χ2n) is 5.55. The molecule has 0 saturated carbocycles. The lowest BCUT2D eigenvalue weighted by Gasteiger charge is -2.26. The van der Waals surface area contributed by atoms with Crippen molar-refractivity contribution in [2.24, 2.45) is 0 Å². The fourth-order valence-electron chi connectivity index (χ4n) is 2.63. The summed E-state index contributed by atoms with van der Waals surface area (Å²) in [5.41, 5.74) is 2.03. The van der Waals surface area contributed by atoms with Gasteiger partial charge in [-0.05, 0) is 20.3 Å². The van der Waals surface area contributed by atoms with Crippen LogP contribution >= 0.6 is 0 Å². The predicted octanol–water partition coefficient (Wildman–Crippen LogP) is -0.0251. The highest BCUT2D eigenvalue weighted by atomic mass is 16.2. The minimum absolute atomic E-state index is 0.115. The van der Waals surface area contributed by atoms with E-state index in [-0.39, 0.29) is 5.91 Å². The molecule has 1 aliphatic rings. The third-order valence-electron chi connectivity index (χ3n) is 3.97. The van der Waals surface area contributed by atoms with Crippen molar-refractivity contribution in [2.45, 2.75) is 20.3 Å². The lowest BCUT2D eigenvalue weighted by atomic mass is 10.2. The summed E-state index contributed by atoms with van der Waals surface area (Å²) in [5.74, 6) is 1.67. The number of aromatic nitrogens is 4. The van der Waals surface area contributed by atoms with Gasteiger partial charge in [0.15, 0.2) is 0 Å². The van der Waals surface area contributed by atoms with Gasteiger partial charge in [0.1, 0.15) is 12.1 Å². The molecule has 1 aliphatic heterocycles. The normalized spacial score (nSPS) is 16.0. The van der Waals surface area contributed by atoms with Gasteiger partial charge in [-0.3, -0.25) is 9.69 Å². The van der Waals surface area contributed by atoms with Crippen LogP contribution in [-0.4, -0.2) is 63.1 Å². The number of aryl methyl sites for hydroxylation is 1. The smallest absolute Gasteiger partial charge is 0.254 e. The quantitative estimate of drug-likeness (QED) is 0.755. The summed E-state index contributed by atoms with van der Waals surface area (Å²) in [4.78, 5) is 22.1. The molecule has 2 aromatic rings. The van der Waals surface area contributed by atoms with Crippen molar-refractivity contribution >= 4 is 17.5 Å². The van der Waals surface area contributed by atoms with Crippen LogP contribution in [0.15, 0.2) is 6.33 Å². The number of hydrogen-bond donors (Lipinski definition) is 2. The summed E-state index contributed by atoms with van der Waals surface area (Å²) in [6.07, 6.45) is 2.48. The molecule has 118 valence electrons. The molecule has 1 amide bonds. The molecule has 0 aliphatic carbocycles. The number of amides is 1. The molecule has 2 N–H and O–H groups in total. The third kappa shape index (κ3) is 3.01. The largest absolute Gasteiger partial charge is 0.370 e. The molecule has 0 atom stereocenters. The molecule has 1 fully saturated rings. The Morgan fingerprint density at radius 3 is 3.09 bits per heavy atom. The van der Waals surface area contributed by atoms with Crippen LogP contribution in [-0.2, 0) is 4.79 Å². The highest BCUT2D eigenvalue weighted by Gasteiger charge is 2.15. The summed E-state index contributed by atoms with van der Waals surface area (Å²) < 4.78 is 1.73. The van der Waals surface area contributed by atoms with Crippen LogP contribution in [0.25, 0.3) is 5.78 Å². The molecule has 0 unspecified atom stereocenters. The zero-order valence-corrected chi connectivity index (χ0v) is 13.0. The van der Waals surface area contributed by atoms with Crippen molar-refractivity contribution in [1.29, 1.82) is 0 Å². The van der Waals surface area contributed by atoms with E-state index in [2.05, 4.69) is 30.6 Å². The van der Waals surface area contributed by atoms with Gasteiger partial charge >= 0.3 is 0 Å².